The van der Waals surface area contributed by atoms with Crippen LogP contribution in [0.2, 0.25) is 0 Å². The number of hydrogen-bond acceptors (Lipinski definition) is 3. The maximum atomic E-state index is 11.4. The van der Waals surface area contributed by atoms with Gasteiger partial charge in [0.2, 0.25) is 5.91 Å². The summed E-state index contributed by atoms with van der Waals surface area (Å²) in [6, 6.07) is 0. The molecule has 0 aromatic carbocycles. The van der Waals surface area contributed by atoms with Crippen molar-refractivity contribution in [1.29, 1.82) is 0 Å². The molecular formula is C10H22N2O2. The van der Waals surface area contributed by atoms with Gasteiger partial charge in [0.15, 0.2) is 0 Å². The summed E-state index contributed by atoms with van der Waals surface area (Å²) in [6.07, 6.45) is 0.562. The normalized spacial score (nSPS) is 11.9. The van der Waals surface area contributed by atoms with Gasteiger partial charge in [0, 0.05) is 18.5 Å². The van der Waals surface area contributed by atoms with E-state index in [4.69, 9.17) is 10.5 Å². The van der Waals surface area contributed by atoms with Gasteiger partial charge in [-0.05, 0) is 27.7 Å². The van der Waals surface area contributed by atoms with E-state index in [-0.39, 0.29) is 17.6 Å². The number of amides is 1. The van der Waals surface area contributed by atoms with Crippen LogP contribution in [0.15, 0.2) is 0 Å². The van der Waals surface area contributed by atoms with Gasteiger partial charge >= 0.3 is 0 Å². The lowest BCUT2D eigenvalue weighted by molar-refractivity contribution is -0.123. The van der Waals surface area contributed by atoms with E-state index in [9.17, 15) is 4.79 Å². The molecule has 0 saturated heterocycles. The number of nitrogens with one attached hydrogen (secondary N) is 1. The van der Waals surface area contributed by atoms with Crippen LogP contribution in [0.25, 0.3) is 0 Å². The third-order valence-electron chi connectivity index (χ3n) is 1.77. The van der Waals surface area contributed by atoms with Crippen LogP contribution in [-0.4, -0.2) is 30.7 Å². The molecule has 0 unspecified atom stereocenters. The lowest BCUT2D eigenvalue weighted by atomic mass is 10.1. The molecule has 4 heteroatoms. The number of rotatable bonds is 6. The van der Waals surface area contributed by atoms with E-state index in [1.165, 1.54) is 0 Å². The van der Waals surface area contributed by atoms with Crippen molar-refractivity contribution < 1.29 is 9.53 Å². The van der Waals surface area contributed by atoms with Crippen molar-refractivity contribution >= 4 is 5.91 Å². The summed E-state index contributed by atoms with van der Waals surface area (Å²) >= 11 is 0. The van der Waals surface area contributed by atoms with Crippen LogP contribution in [-0.2, 0) is 9.53 Å². The predicted octanol–water partition coefficient (Wildman–Crippen LogP) is 0.655. The van der Waals surface area contributed by atoms with Crippen LogP contribution in [0.4, 0.5) is 0 Å². The summed E-state index contributed by atoms with van der Waals surface area (Å²) in [5.74, 6) is -0.0129. The molecule has 0 heterocycles. The fourth-order valence-electron chi connectivity index (χ4n) is 0.878. The van der Waals surface area contributed by atoms with Gasteiger partial charge in [0.1, 0.15) is 0 Å². The van der Waals surface area contributed by atoms with E-state index < -0.39 is 0 Å². The minimum absolute atomic E-state index is 0.0129. The fraction of sp³-hybridized carbons (Fsp3) is 0.900. The molecular weight excluding hydrogens is 180 g/mol. The standard InChI is InChI=1S/C10H22N2O2/c1-8(2)14-6-5-9(13)12-10(3,4)7-11/h8H,5-7,11H2,1-4H3,(H,12,13). The summed E-state index contributed by atoms with van der Waals surface area (Å²) in [6.45, 7) is 8.58. The first-order valence-electron chi connectivity index (χ1n) is 5.00. The average Bonchev–Trinajstić information content (AvgIpc) is 2.02. The van der Waals surface area contributed by atoms with Gasteiger partial charge < -0.3 is 15.8 Å². The van der Waals surface area contributed by atoms with Crippen LogP contribution < -0.4 is 11.1 Å². The summed E-state index contributed by atoms with van der Waals surface area (Å²) in [4.78, 5) is 11.4. The van der Waals surface area contributed by atoms with Gasteiger partial charge in [-0.2, -0.15) is 0 Å². The quantitative estimate of drug-likeness (QED) is 0.665. The molecule has 0 rings (SSSR count). The Hall–Kier alpha value is -0.610. The van der Waals surface area contributed by atoms with Gasteiger partial charge in [-0.3, -0.25) is 4.79 Å². The zero-order chi connectivity index (χ0) is 11.2. The Labute approximate surface area is 86.2 Å². The van der Waals surface area contributed by atoms with Crippen molar-refractivity contribution in [3.05, 3.63) is 0 Å². The molecule has 0 bridgehead atoms. The Morgan fingerprint density at radius 2 is 2.07 bits per heavy atom. The molecule has 0 aliphatic heterocycles. The predicted molar refractivity (Wildman–Crippen MR) is 57.0 cm³/mol. The van der Waals surface area contributed by atoms with Crippen molar-refractivity contribution in [2.75, 3.05) is 13.2 Å². The third kappa shape index (κ3) is 6.86. The Kier molecular flexibility index (Phi) is 5.72. The smallest absolute Gasteiger partial charge is 0.222 e. The number of carbonyl (C=O) groups excluding carboxylic acids is 1. The zero-order valence-electron chi connectivity index (χ0n) is 9.59. The highest BCUT2D eigenvalue weighted by Gasteiger charge is 2.17. The average molecular weight is 202 g/mol. The van der Waals surface area contributed by atoms with Crippen LogP contribution in [0.5, 0.6) is 0 Å². The molecule has 0 fully saturated rings. The van der Waals surface area contributed by atoms with Crippen molar-refractivity contribution in [3.8, 4) is 0 Å². The van der Waals surface area contributed by atoms with Crippen LogP contribution in [0, 0.1) is 0 Å². The lowest BCUT2D eigenvalue weighted by Gasteiger charge is -2.24. The summed E-state index contributed by atoms with van der Waals surface area (Å²) in [5, 5.41) is 2.84. The van der Waals surface area contributed by atoms with E-state index in [1.54, 1.807) is 0 Å². The zero-order valence-corrected chi connectivity index (χ0v) is 9.59. The first-order chi connectivity index (χ1) is 6.37. The number of hydrogen-bond donors (Lipinski definition) is 2. The highest BCUT2D eigenvalue weighted by Crippen LogP contribution is 1.99. The van der Waals surface area contributed by atoms with Crippen molar-refractivity contribution in [2.24, 2.45) is 5.73 Å². The van der Waals surface area contributed by atoms with Crippen molar-refractivity contribution in [3.63, 3.8) is 0 Å². The Morgan fingerprint density at radius 1 is 1.50 bits per heavy atom. The largest absolute Gasteiger partial charge is 0.378 e. The first kappa shape index (κ1) is 13.4. The van der Waals surface area contributed by atoms with Gasteiger partial charge in [-0.15, -0.1) is 0 Å². The minimum atomic E-state index is -0.324. The van der Waals surface area contributed by atoms with Crippen molar-refractivity contribution in [1.82, 2.24) is 5.32 Å². The molecule has 0 atom stereocenters. The maximum absolute atomic E-state index is 11.4. The van der Waals surface area contributed by atoms with E-state index in [1.807, 2.05) is 27.7 Å². The van der Waals surface area contributed by atoms with Crippen LogP contribution in [0.3, 0.4) is 0 Å². The molecule has 0 aliphatic carbocycles. The lowest BCUT2D eigenvalue weighted by Crippen LogP contribution is -2.49. The topological polar surface area (TPSA) is 64.3 Å². The Morgan fingerprint density at radius 3 is 2.50 bits per heavy atom. The van der Waals surface area contributed by atoms with E-state index in [0.29, 0.717) is 19.6 Å². The third-order valence-corrected chi connectivity index (χ3v) is 1.77. The van der Waals surface area contributed by atoms with Gasteiger partial charge in [-0.1, -0.05) is 0 Å². The minimum Gasteiger partial charge on any atom is -0.378 e. The van der Waals surface area contributed by atoms with Crippen LogP contribution >= 0.6 is 0 Å². The molecule has 4 nitrogen and oxygen atoms in total. The number of ether oxygens (including phenoxy) is 1. The van der Waals surface area contributed by atoms with Gasteiger partial charge in [0.05, 0.1) is 12.7 Å². The Balaban J connectivity index is 3.66. The summed E-state index contributed by atoms with van der Waals surface area (Å²) < 4.78 is 5.27. The Bertz CT molecular complexity index is 179. The van der Waals surface area contributed by atoms with Gasteiger partial charge in [0.25, 0.3) is 0 Å². The molecule has 0 aromatic rings. The molecule has 0 saturated carbocycles. The molecule has 1 amide bonds. The molecule has 0 spiro atoms. The number of nitrogens with two attached hydrogens (primary N) is 1. The SMILES string of the molecule is CC(C)OCCC(=O)NC(C)(C)CN. The van der Waals surface area contributed by atoms with E-state index >= 15 is 0 Å². The fourth-order valence-corrected chi connectivity index (χ4v) is 0.878. The maximum Gasteiger partial charge on any atom is 0.222 e. The number of carbonyl (C=O) groups is 1. The molecule has 0 radical (unpaired) electrons. The van der Waals surface area contributed by atoms with Gasteiger partial charge in [-0.25, -0.2) is 0 Å². The molecule has 3 N–H and O–H groups in total. The highest BCUT2D eigenvalue weighted by atomic mass is 16.5. The molecule has 0 aliphatic rings. The summed E-state index contributed by atoms with van der Waals surface area (Å²) in [5.41, 5.74) is 5.16. The molecule has 14 heavy (non-hydrogen) atoms. The van der Waals surface area contributed by atoms with Crippen LogP contribution in [0.1, 0.15) is 34.1 Å². The first-order valence-corrected chi connectivity index (χ1v) is 5.00. The van der Waals surface area contributed by atoms with Crippen molar-refractivity contribution in [2.45, 2.75) is 45.8 Å². The highest BCUT2D eigenvalue weighted by molar-refractivity contribution is 5.76. The summed E-state index contributed by atoms with van der Waals surface area (Å²) in [7, 11) is 0. The van der Waals surface area contributed by atoms with E-state index in [0.717, 1.165) is 0 Å². The monoisotopic (exact) mass is 202 g/mol. The second-order valence-electron chi connectivity index (χ2n) is 4.31. The molecule has 0 aromatic heterocycles. The second kappa shape index (κ2) is 5.98. The molecule has 84 valence electrons. The second-order valence-corrected chi connectivity index (χ2v) is 4.31. The van der Waals surface area contributed by atoms with E-state index in [2.05, 4.69) is 5.32 Å².